The van der Waals surface area contributed by atoms with Crippen LogP contribution in [0.25, 0.3) is 0 Å². The molecule has 6 nitrogen and oxygen atoms in total. The van der Waals surface area contributed by atoms with Crippen LogP contribution in [0.4, 0.5) is 0 Å². The van der Waals surface area contributed by atoms with Crippen LogP contribution < -0.4 is 14.8 Å². The zero-order valence-corrected chi connectivity index (χ0v) is 12.3. The molecule has 0 bridgehead atoms. The lowest BCUT2D eigenvalue weighted by Crippen LogP contribution is -2.25. The van der Waals surface area contributed by atoms with Crippen molar-refractivity contribution < 1.29 is 14.6 Å². The fraction of sp³-hybridized carbons (Fsp3) is 0.400. The lowest BCUT2D eigenvalue weighted by molar-refractivity contribution is 0.169. The second-order valence-corrected chi connectivity index (χ2v) is 4.60. The summed E-state index contributed by atoms with van der Waals surface area (Å²) >= 11 is 0. The van der Waals surface area contributed by atoms with Gasteiger partial charge in [-0.05, 0) is 24.3 Å². The van der Waals surface area contributed by atoms with Gasteiger partial charge in [-0.25, -0.2) is 0 Å². The summed E-state index contributed by atoms with van der Waals surface area (Å²) < 4.78 is 12.3. The Morgan fingerprint density at radius 1 is 1.33 bits per heavy atom. The zero-order chi connectivity index (χ0) is 15.1. The van der Waals surface area contributed by atoms with Crippen molar-refractivity contribution in [2.45, 2.75) is 12.6 Å². The van der Waals surface area contributed by atoms with Crippen LogP contribution in [0.1, 0.15) is 11.7 Å². The Morgan fingerprint density at radius 3 is 2.86 bits per heavy atom. The van der Waals surface area contributed by atoms with E-state index < -0.39 is 6.10 Å². The molecule has 0 fully saturated rings. The van der Waals surface area contributed by atoms with E-state index in [9.17, 15) is 5.11 Å². The van der Waals surface area contributed by atoms with Crippen LogP contribution in [0, 0.1) is 0 Å². The van der Waals surface area contributed by atoms with Gasteiger partial charge in [0, 0.05) is 31.0 Å². The van der Waals surface area contributed by atoms with Crippen molar-refractivity contribution in [1.29, 1.82) is 0 Å². The first-order valence-corrected chi connectivity index (χ1v) is 6.82. The standard InChI is InChI=1S/C15H21N3O3/c1-20-12-4-5-15(21-2)13(10-12)14(19)11-16-7-9-18-8-3-6-17-18/h3-6,8,10,14,16,19H,7,9,11H2,1-2H3/t14-/m1/s1. The first kappa shape index (κ1) is 15.3. The minimum Gasteiger partial charge on any atom is -0.497 e. The Morgan fingerprint density at radius 2 is 2.19 bits per heavy atom. The van der Waals surface area contributed by atoms with Gasteiger partial charge in [0.1, 0.15) is 11.5 Å². The average molecular weight is 291 g/mol. The van der Waals surface area contributed by atoms with Crippen LogP contribution in [-0.2, 0) is 6.54 Å². The highest BCUT2D eigenvalue weighted by atomic mass is 16.5. The van der Waals surface area contributed by atoms with Gasteiger partial charge in [-0.3, -0.25) is 4.68 Å². The molecule has 1 aromatic heterocycles. The molecule has 0 aliphatic rings. The van der Waals surface area contributed by atoms with Crippen LogP contribution in [0.3, 0.4) is 0 Å². The van der Waals surface area contributed by atoms with E-state index in [0.717, 1.165) is 13.1 Å². The average Bonchev–Trinajstić information content (AvgIpc) is 3.04. The molecule has 2 rings (SSSR count). The predicted molar refractivity (Wildman–Crippen MR) is 79.6 cm³/mol. The van der Waals surface area contributed by atoms with Gasteiger partial charge >= 0.3 is 0 Å². The zero-order valence-electron chi connectivity index (χ0n) is 12.3. The third-order valence-corrected chi connectivity index (χ3v) is 3.21. The SMILES string of the molecule is COc1ccc(OC)c([C@H](O)CNCCn2cccn2)c1. The van der Waals surface area contributed by atoms with Crippen molar-refractivity contribution in [3.63, 3.8) is 0 Å². The molecule has 0 saturated carbocycles. The first-order valence-electron chi connectivity index (χ1n) is 6.82. The molecule has 114 valence electrons. The van der Waals surface area contributed by atoms with E-state index in [1.54, 1.807) is 38.6 Å². The fourth-order valence-corrected chi connectivity index (χ4v) is 2.07. The normalized spacial score (nSPS) is 12.1. The lowest BCUT2D eigenvalue weighted by Gasteiger charge is -2.16. The summed E-state index contributed by atoms with van der Waals surface area (Å²) in [5, 5.41) is 17.6. The molecule has 0 amide bonds. The number of benzene rings is 1. The summed E-state index contributed by atoms with van der Waals surface area (Å²) in [6.07, 6.45) is 2.99. The van der Waals surface area contributed by atoms with Gasteiger partial charge in [-0.1, -0.05) is 0 Å². The number of ether oxygens (including phenoxy) is 2. The fourth-order valence-electron chi connectivity index (χ4n) is 2.07. The largest absolute Gasteiger partial charge is 0.497 e. The maximum absolute atomic E-state index is 10.3. The summed E-state index contributed by atoms with van der Waals surface area (Å²) in [5.74, 6) is 1.35. The van der Waals surface area contributed by atoms with Crippen molar-refractivity contribution in [3.8, 4) is 11.5 Å². The van der Waals surface area contributed by atoms with Crippen LogP contribution >= 0.6 is 0 Å². The van der Waals surface area contributed by atoms with Crippen LogP contribution in [0.15, 0.2) is 36.7 Å². The number of hydrogen-bond donors (Lipinski definition) is 2. The Kier molecular flexibility index (Phi) is 5.59. The third kappa shape index (κ3) is 4.21. The van der Waals surface area contributed by atoms with Gasteiger partial charge in [0.25, 0.3) is 0 Å². The first-order chi connectivity index (χ1) is 10.2. The van der Waals surface area contributed by atoms with Gasteiger partial charge in [-0.15, -0.1) is 0 Å². The maximum atomic E-state index is 10.3. The number of rotatable bonds is 8. The van der Waals surface area contributed by atoms with E-state index in [2.05, 4.69) is 10.4 Å². The molecule has 0 spiro atoms. The summed E-state index contributed by atoms with van der Waals surface area (Å²) in [7, 11) is 3.18. The Hall–Kier alpha value is -2.05. The molecule has 21 heavy (non-hydrogen) atoms. The number of aromatic nitrogens is 2. The topological polar surface area (TPSA) is 68.5 Å². The molecule has 6 heteroatoms. The minimum atomic E-state index is -0.660. The highest BCUT2D eigenvalue weighted by Crippen LogP contribution is 2.28. The number of nitrogens with one attached hydrogen (secondary N) is 1. The smallest absolute Gasteiger partial charge is 0.124 e. The monoisotopic (exact) mass is 291 g/mol. The van der Waals surface area contributed by atoms with Crippen molar-refractivity contribution in [1.82, 2.24) is 15.1 Å². The van der Waals surface area contributed by atoms with Crippen LogP contribution in [0.5, 0.6) is 11.5 Å². The second-order valence-electron chi connectivity index (χ2n) is 4.60. The Bertz CT molecular complexity index is 543. The lowest BCUT2D eigenvalue weighted by atomic mass is 10.1. The summed E-state index contributed by atoms with van der Waals surface area (Å²) in [5.41, 5.74) is 0.712. The summed E-state index contributed by atoms with van der Waals surface area (Å²) in [4.78, 5) is 0. The van der Waals surface area contributed by atoms with Crippen molar-refractivity contribution >= 4 is 0 Å². The highest BCUT2D eigenvalue weighted by Gasteiger charge is 2.14. The predicted octanol–water partition coefficient (Wildman–Crippen LogP) is 1.22. The van der Waals surface area contributed by atoms with E-state index in [1.807, 2.05) is 16.9 Å². The van der Waals surface area contributed by atoms with Crippen molar-refractivity contribution in [3.05, 3.63) is 42.2 Å². The van der Waals surface area contributed by atoms with Crippen LogP contribution in [0.2, 0.25) is 0 Å². The van der Waals surface area contributed by atoms with Gasteiger partial charge in [-0.2, -0.15) is 5.10 Å². The van der Waals surface area contributed by atoms with E-state index in [-0.39, 0.29) is 0 Å². The van der Waals surface area contributed by atoms with E-state index in [4.69, 9.17) is 9.47 Å². The van der Waals surface area contributed by atoms with Crippen molar-refractivity contribution in [2.24, 2.45) is 0 Å². The maximum Gasteiger partial charge on any atom is 0.124 e. The molecule has 2 N–H and O–H groups in total. The summed E-state index contributed by atoms with van der Waals surface area (Å²) in [6.45, 7) is 1.92. The highest BCUT2D eigenvalue weighted by molar-refractivity contribution is 5.41. The second kappa shape index (κ2) is 7.66. The Labute approximate surface area is 124 Å². The van der Waals surface area contributed by atoms with Gasteiger partial charge in [0.2, 0.25) is 0 Å². The van der Waals surface area contributed by atoms with Gasteiger partial charge < -0.3 is 19.9 Å². The van der Waals surface area contributed by atoms with Crippen LogP contribution in [-0.4, -0.2) is 42.2 Å². The molecule has 2 aromatic rings. The molecule has 0 radical (unpaired) electrons. The van der Waals surface area contributed by atoms with E-state index >= 15 is 0 Å². The molecular weight excluding hydrogens is 270 g/mol. The number of nitrogens with zero attached hydrogens (tertiary/aromatic N) is 2. The molecule has 0 aliphatic heterocycles. The third-order valence-electron chi connectivity index (χ3n) is 3.21. The van der Waals surface area contributed by atoms with E-state index in [0.29, 0.717) is 23.6 Å². The van der Waals surface area contributed by atoms with Crippen molar-refractivity contribution in [2.75, 3.05) is 27.3 Å². The number of hydrogen-bond acceptors (Lipinski definition) is 5. The number of aliphatic hydroxyl groups excluding tert-OH is 1. The molecule has 0 unspecified atom stereocenters. The van der Waals surface area contributed by atoms with Gasteiger partial charge in [0.15, 0.2) is 0 Å². The molecular formula is C15H21N3O3. The van der Waals surface area contributed by atoms with Gasteiger partial charge in [0.05, 0.1) is 26.9 Å². The molecule has 1 heterocycles. The molecule has 0 saturated heterocycles. The van der Waals surface area contributed by atoms with E-state index in [1.165, 1.54) is 0 Å². The Balaban J connectivity index is 1.88. The molecule has 0 aliphatic carbocycles. The number of aliphatic hydroxyl groups is 1. The molecule has 1 atom stereocenters. The molecule has 1 aromatic carbocycles. The minimum absolute atomic E-state index is 0.435. The quantitative estimate of drug-likeness (QED) is 0.716. The number of methoxy groups -OCH3 is 2. The summed E-state index contributed by atoms with van der Waals surface area (Å²) in [6, 6.07) is 7.27.